The molecule has 21 heavy (non-hydrogen) atoms. The molecule has 2 rings (SSSR count). The Hall–Kier alpha value is -1.93. The number of carbonyl (C=O) groups is 2. The Morgan fingerprint density at radius 3 is 2.43 bits per heavy atom. The van der Waals surface area contributed by atoms with Crippen LogP contribution in [0.2, 0.25) is 0 Å². The van der Waals surface area contributed by atoms with E-state index >= 15 is 0 Å². The van der Waals surface area contributed by atoms with Gasteiger partial charge in [0.25, 0.3) is 5.91 Å². The van der Waals surface area contributed by atoms with Gasteiger partial charge in [-0.25, -0.2) is 13.2 Å². The third kappa shape index (κ3) is 2.91. The molecule has 0 bridgehead atoms. The number of esters is 1. The fourth-order valence-corrected chi connectivity index (χ4v) is 3.34. The molecule has 1 aromatic rings. The van der Waals surface area contributed by atoms with Crippen molar-refractivity contribution in [2.45, 2.75) is 0 Å². The molecule has 0 radical (unpaired) electrons. The van der Waals surface area contributed by atoms with E-state index in [-0.39, 0.29) is 15.1 Å². The molecule has 0 saturated heterocycles. The van der Waals surface area contributed by atoms with Gasteiger partial charge >= 0.3 is 5.97 Å². The van der Waals surface area contributed by atoms with E-state index in [9.17, 15) is 18.0 Å². The van der Waals surface area contributed by atoms with Gasteiger partial charge in [-0.3, -0.25) is 4.79 Å². The van der Waals surface area contributed by atoms with Crippen LogP contribution in [0.15, 0.2) is 45.1 Å². The summed E-state index contributed by atoms with van der Waals surface area (Å²) in [5, 5.41) is 2.40. The average molecular weight is 372 g/mol. The highest BCUT2D eigenvalue weighted by Gasteiger charge is 2.31. The van der Waals surface area contributed by atoms with E-state index < -0.39 is 26.6 Å². The van der Waals surface area contributed by atoms with Gasteiger partial charge < -0.3 is 10.1 Å². The number of amides is 1. The molecule has 1 amide bonds. The fraction of sp³-hybridized carbons (Fsp3) is 0.0769. The average Bonchev–Trinajstić information content (AvgIpc) is 2.73. The molecule has 0 spiro atoms. The molecule has 0 atom stereocenters. The fourth-order valence-electron chi connectivity index (χ4n) is 1.69. The number of benzene rings is 1. The Morgan fingerprint density at radius 1 is 1.19 bits per heavy atom. The first kappa shape index (κ1) is 15.5. The normalized spacial score (nSPS) is 15.9. The maximum Gasteiger partial charge on any atom is 0.339 e. The lowest BCUT2D eigenvalue weighted by Gasteiger charge is -2.10. The van der Waals surface area contributed by atoms with Crippen molar-refractivity contribution in [3.05, 3.63) is 50.7 Å². The van der Waals surface area contributed by atoms with Crippen LogP contribution in [0, 0.1) is 0 Å². The summed E-state index contributed by atoms with van der Waals surface area (Å²) in [6, 6.07) is 6.15. The Kier molecular flexibility index (Phi) is 4.29. The predicted molar refractivity (Wildman–Crippen MR) is 80.4 cm³/mol. The largest absolute Gasteiger partial charge is 0.465 e. The second-order valence-corrected chi connectivity index (χ2v) is 7.26. The van der Waals surface area contributed by atoms with Crippen LogP contribution >= 0.6 is 15.9 Å². The number of hydrogen-bond acceptors (Lipinski definition) is 5. The Morgan fingerprint density at radius 2 is 1.86 bits per heavy atom. The van der Waals surface area contributed by atoms with Crippen molar-refractivity contribution in [2.75, 3.05) is 12.4 Å². The Labute approximate surface area is 129 Å². The third-order valence-electron chi connectivity index (χ3n) is 2.72. The number of anilines is 1. The number of halogens is 1. The molecular weight excluding hydrogens is 362 g/mol. The van der Waals surface area contributed by atoms with Gasteiger partial charge in [-0.05, 0) is 40.2 Å². The maximum atomic E-state index is 12.1. The zero-order chi connectivity index (χ0) is 15.6. The predicted octanol–water partition coefficient (Wildman–Crippen LogP) is 1.96. The zero-order valence-electron chi connectivity index (χ0n) is 10.8. The lowest BCUT2D eigenvalue weighted by atomic mass is 10.2. The molecule has 0 aromatic heterocycles. The summed E-state index contributed by atoms with van der Waals surface area (Å²) in [6.45, 7) is 0. The Balaban J connectivity index is 2.29. The highest BCUT2D eigenvalue weighted by molar-refractivity contribution is 9.13. The summed E-state index contributed by atoms with van der Waals surface area (Å²) in [7, 11) is -2.60. The summed E-state index contributed by atoms with van der Waals surface area (Å²) in [5.41, 5.74) is 0.310. The van der Waals surface area contributed by atoms with E-state index in [0.717, 1.165) is 0 Å². The van der Waals surface area contributed by atoms with E-state index in [1.165, 1.54) is 31.4 Å². The minimum absolute atomic E-state index is 0.0820. The number of methoxy groups -OCH3 is 1. The lowest BCUT2D eigenvalue weighted by Crippen LogP contribution is -2.20. The topological polar surface area (TPSA) is 89.5 Å². The smallest absolute Gasteiger partial charge is 0.339 e. The van der Waals surface area contributed by atoms with Crippen LogP contribution < -0.4 is 5.32 Å². The second-order valence-electron chi connectivity index (χ2n) is 4.00. The molecule has 1 aliphatic heterocycles. The van der Waals surface area contributed by atoms with Crippen molar-refractivity contribution in [1.29, 1.82) is 0 Å². The third-order valence-corrected chi connectivity index (χ3v) is 5.81. The highest BCUT2D eigenvalue weighted by atomic mass is 79.9. The molecule has 0 fully saturated rings. The van der Waals surface area contributed by atoms with Gasteiger partial charge in [-0.2, -0.15) is 0 Å². The molecule has 110 valence electrons. The summed E-state index contributed by atoms with van der Waals surface area (Å²) in [5.74, 6) is -1.45. The molecule has 8 heteroatoms. The van der Waals surface area contributed by atoms with E-state index in [0.29, 0.717) is 0 Å². The van der Waals surface area contributed by atoms with E-state index in [1.807, 2.05) is 0 Å². The van der Waals surface area contributed by atoms with Crippen molar-refractivity contribution < 1.29 is 22.7 Å². The van der Waals surface area contributed by atoms with Gasteiger partial charge in [0.15, 0.2) is 0 Å². The number of carbonyl (C=O) groups excluding carboxylic acids is 2. The first-order valence-electron chi connectivity index (χ1n) is 5.69. The number of hydrogen-bond donors (Lipinski definition) is 1. The van der Waals surface area contributed by atoms with Crippen LogP contribution in [0.5, 0.6) is 0 Å². The summed E-state index contributed by atoms with van der Waals surface area (Å²) in [6.07, 6.45) is 2.46. The van der Waals surface area contributed by atoms with Gasteiger partial charge in [-0.15, -0.1) is 0 Å². The van der Waals surface area contributed by atoms with Crippen molar-refractivity contribution in [2.24, 2.45) is 0 Å². The molecule has 1 heterocycles. The zero-order valence-corrected chi connectivity index (χ0v) is 13.2. The summed E-state index contributed by atoms with van der Waals surface area (Å²) >= 11 is 2.87. The summed E-state index contributed by atoms with van der Waals surface area (Å²) < 4.78 is 28.2. The SMILES string of the molecule is COC(=O)c1ccccc1NC(=O)C1=CC=C(Br)S1(=O)=O. The van der Waals surface area contributed by atoms with Crippen molar-refractivity contribution in [3.8, 4) is 0 Å². The van der Waals surface area contributed by atoms with Crippen LogP contribution in [0.4, 0.5) is 5.69 Å². The molecule has 0 saturated carbocycles. The van der Waals surface area contributed by atoms with Crippen molar-refractivity contribution in [1.82, 2.24) is 0 Å². The molecule has 1 aliphatic rings. The van der Waals surface area contributed by atoms with E-state index in [2.05, 4.69) is 26.0 Å². The molecule has 0 aliphatic carbocycles. The first-order chi connectivity index (χ1) is 9.87. The first-order valence-corrected chi connectivity index (χ1v) is 7.97. The van der Waals surface area contributed by atoms with Gasteiger partial charge in [-0.1, -0.05) is 12.1 Å². The number of allylic oxidation sites excluding steroid dienone is 2. The van der Waals surface area contributed by atoms with Crippen LogP contribution in [0.3, 0.4) is 0 Å². The van der Waals surface area contributed by atoms with Gasteiger partial charge in [0, 0.05) is 0 Å². The number of para-hydroxylation sites is 1. The monoisotopic (exact) mass is 371 g/mol. The number of sulfone groups is 1. The number of nitrogens with one attached hydrogen (secondary N) is 1. The minimum atomic E-state index is -3.81. The lowest BCUT2D eigenvalue weighted by molar-refractivity contribution is -0.112. The van der Waals surface area contributed by atoms with Crippen molar-refractivity contribution >= 4 is 43.3 Å². The highest BCUT2D eigenvalue weighted by Crippen LogP contribution is 2.29. The second kappa shape index (κ2) is 5.82. The molecule has 1 N–H and O–H groups in total. The maximum absolute atomic E-state index is 12.1. The molecule has 6 nitrogen and oxygen atoms in total. The number of rotatable bonds is 3. The molecular formula is C13H10BrNO5S. The van der Waals surface area contributed by atoms with Crippen LogP contribution in [0.25, 0.3) is 0 Å². The van der Waals surface area contributed by atoms with Crippen molar-refractivity contribution in [3.63, 3.8) is 0 Å². The van der Waals surface area contributed by atoms with Crippen LogP contribution in [-0.2, 0) is 19.4 Å². The van der Waals surface area contributed by atoms with E-state index in [1.54, 1.807) is 12.1 Å². The molecule has 1 aromatic carbocycles. The summed E-state index contributed by atoms with van der Waals surface area (Å²) in [4.78, 5) is 23.3. The van der Waals surface area contributed by atoms with Crippen LogP contribution in [0.1, 0.15) is 10.4 Å². The minimum Gasteiger partial charge on any atom is -0.465 e. The van der Waals surface area contributed by atoms with Gasteiger partial charge in [0.1, 0.15) is 8.72 Å². The Bertz CT molecular complexity index is 780. The quantitative estimate of drug-likeness (QED) is 0.820. The molecule has 0 unspecified atom stereocenters. The van der Waals surface area contributed by atoms with E-state index in [4.69, 9.17) is 0 Å². The standard InChI is InChI=1S/C13H10BrNO5S/c1-20-13(17)8-4-2-3-5-9(8)15-12(16)10-6-7-11(14)21(10,18)19/h2-7H,1H3,(H,15,16). The van der Waals surface area contributed by atoms with Gasteiger partial charge in [0.05, 0.1) is 18.4 Å². The van der Waals surface area contributed by atoms with Gasteiger partial charge in [0.2, 0.25) is 9.84 Å². The van der Waals surface area contributed by atoms with Crippen LogP contribution in [-0.4, -0.2) is 27.4 Å². The number of ether oxygens (including phenoxy) is 1.